The van der Waals surface area contributed by atoms with E-state index in [1.54, 1.807) is 18.2 Å². The van der Waals surface area contributed by atoms with Gasteiger partial charge in [-0.15, -0.1) is 0 Å². The molecule has 0 aliphatic carbocycles. The van der Waals surface area contributed by atoms with Crippen LogP contribution in [0.1, 0.15) is 32.7 Å². The molecule has 1 aliphatic rings. The number of carboxylic acids is 1. The first-order valence-electron chi connectivity index (χ1n) is 14.8. The molecule has 6 aromatic rings. The molecule has 1 saturated heterocycles. The van der Waals surface area contributed by atoms with Gasteiger partial charge in [-0.2, -0.15) is 0 Å². The number of nitrogens with zero attached hydrogens (tertiary/aromatic N) is 2. The third-order valence-electron chi connectivity index (χ3n) is 8.00. The lowest BCUT2D eigenvalue weighted by molar-refractivity contribution is -0.123. The van der Waals surface area contributed by atoms with E-state index < -0.39 is 5.97 Å². The van der Waals surface area contributed by atoms with E-state index in [4.69, 9.17) is 4.74 Å². The Hall–Kier alpha value is -5.60. The Morgan fingerprint density at radius 1 is 0.717 bits per heavy atom. The van der Waals surface area contributed by atoms with Gasteiger partial charge >= 0.3 is 5.97 Å². The number of benzene rings is 5. The van der Waals surface area contributed by atoms with Crippen molar-refractivity contribution >= 4 is 56.6 Å². The van der Waals surface area contributed by atoms with Crippen molar-refractivity contribution in [2.75, 3.05) is 0 Å². The number of hydrogen-bond acceptors (Lipinski definition) is 5. The largest absolute Gasteiger partial charge is 0.489 e. The minimum Gasteiger partial charge on any atom is -0.489 e. The first-order valence-corrected chi connectivity index (χ1v) is 15.6. The van der Waals surface area contributed by atoms with E-state index in [1.165, 1.54) is 17.0 Å². The fourth-order valence-corrected chi connectivity index (χ4v) is 6.45. The molecule has 0 radical (unpaired) electrons. The number of ether oxygens (including phenoxy) is 1. The SMILES string of the molecule is O=C(O)c1ccc(CN2C(=O)SC(=Cc3cc4cc(OCc5ccccc5)ccc4n3Cc3ccc4ccccc4c3)C2=O)cc1. The minimum atomic E-state index is -1.03. The van der Waals surface area contributed by atoms with Gasteiger partial charge in [0.1, 0.15) is 12.4 Å². The first kappa shape index (κ1) is 29.1. The number of fused-ring (bicyclic) bond motifs is 2. The Bertz CT molecular complexity index is 2150. The van der Waals surface area contributed by atoms with Gasteiger partial charge in [-0.05, 0) is 87.8 Å². The summed E-state index contributed by atoms with van der Waals surface area (Å²) in [6.45, 7) is 1.07. The lowest BCUT2D eigenvalue weighted by atomic mass is 10.1. The van der Waals surface area contributed by atoms with E-state index in [0.717, 1.165) is 56.0 Å². The molecule has 0 bridgehead atoms. The second-order valence-corrected chi connectivity index (χ2v) is 12.1. The molecule has 0 unspecified atom stereocenters. The molecule has 7 rings (SSSR count). The molecule has 0 atom stereocenters. The number of carbonyl (C=O) groups is 3. The summed E-state index contributed by atoms with van der Waals surface area (Å²) in [4.78, 5) is 39.2. The van der Waals surface area contributed by atoms with E-state index in [0.29, 0.717) is 23.6 Å². The maximum Gasteiger partial charge on any atom is 0.335 e. The summed E-state index contributed by atoms with van der Waals surface area (Å²) in [5.74, 6) is -0.679. The molecular formula is C38H28N2O5S. The molecule has 1 fully saturated rings. The van der Waals surface area contributed by atoms with Crippen LogP contribution in [0.4, 0.5) is 4.79 Å². The number of amides is 2. The molecule has 1 N–H and O–H groups in total. The maximum absolute atomic E-state index is 13.5. The standard InChI is InChI=1S/C38H28N2O5S/c41-36-35(46-38(44)40(36)22-25-10-14-29(15-11-25)37(42)43)21-32-19-31-20-33(45-24-26-6-2-1-3-7-26)16-17-34(31)39(32)23-27-12-13-28-8-4-5-9-30(28)18-27/h1-21H,22-24H2,(H,42,43). The number of imide groups is 1. The molecule has 46 heavy (non-hydrogen) atoms. The van der Waals surface area contributed by atoms with Crippen LogP contribution in [0, 0.1) is 0 Å². The van der Waals surface area contributed by atoms with Gasteiger partial charge in [-0.25, -0.2) is 4.79 Å². The third-order valence-corrected chi connectivity index (χ3v) is 8.91. The van der Waals surface area contributed by atoms with E-state index >= 15 is 0 Å². The molecule has 2 heterocycles. The topological polar surface area (TPSA) is 88.8 Å². The van der Waals surface area contributed by atoms with Crippen molar-refractivity contribution in [3.05, 3.63) is 154 Å². The first-order chi connectivity index (χ1) is 22.4. The van der Waals surface area contributed by atoms with Crippen LogP contribution in [-0.4, -0.2) is 31.7 Å². The van der Waals surface area contributed by atoms with Crippen LogP contribution in [0.25, 0.3) is 27.8 Å². The van der Waals surface area contributed by atoms with E-state index in [2.05, 4.69) is 34.9 Å². The highest BCUT2D eigenvalue weighted by Gasteiger charge is 2.35. The summed E-state index contributed by atoms with van der Waals surface area (Å²) in [5.41, 5.74) is 4.76. The molecule has 1 aromatic heterocycles. The molecule has 2 amide bonds. The molecule has 0 saturated carbocycles. The van der Waals surface area contributed by atoms with Crippen LogP contribution in [0.3, 0.4) is 0 Å². The summed E-state index contributed by atoms with van der Waals surface area (Å²) in [6, 6.07) is 38.8. The zero-order valence-corrected chi connectivity index (χ0v) is 25.4. The van der Waals surface area contributed by atoms with Crippen LogP contribution >= 0.6 is 11.8 Å². The average Bonchev–Trinajstić information content (AvgIpc) is 3.54. The Morgan fingerprint density at radius 3 is 2.24 bits per heavy atom. The quantitative estimate of drug-likeness (QED) is 0.163. The summed E-state index contributed by atoms with van der Waals surface area (Å²) >= 11 is 0.906. The molecule has 8 heteroatoms. The van der Waals surface area contributed by atoms with Crippen LogP contribution < -0.4 is 4.74 Å². The number of carboxylic acid groups (broad SMARTS) is 1. The van der Waals surface area contributed by atoms with Gasteiger partial charge in [-0.3, -0.25) is 14.5 Å². The zero-order chi connectivity index (χ0) is 31.6. The Kier molecular flexibility index (Phi) is 7.86. The molecule has 0 spiro atoms. The van der Waals surface area contributed by atoms with Crippen LogP contribution in [-0.2, 0) is 24.5 Å². The molecular weight excluding hydrogens is 596 g/mol. The molecule has 226 valence electrons. The highest BCUT2D eigenvalue weighted by molar-refractivity contribution is 8.18. The van der Waals surface area contributed by atoms with Crippen molar-refractivity contribution in [2.24, 2.45) is 0 Å². The number of thioether (sulfide) groups is 1. The van der Waals surface area contributed by atoms with Gasteiger partial charge in [0.25, 0.3) is 11.1 Å². The van der Waals surface area contributed by atoms with Gasteiger partial charge in [0, 0.05) is 23.1 Å². The second kappa shape index (κ2) is 12.4. The van der Waals surface area contributed by atoms with Gasteiger partial charge in [0.2, 0.25) is 0 Å². The van der Waals surface area contributed by atoms with Crippen molar-refractivity contribution in [3.8, 4) is 5.75 Å². The van der Waals surface area contributed by atoms with Gasteiger partial charge in [-0.1, -0.05) is 78.9 Å². The van der Waals surface area contributed by atoms with E-state index in [9.17, 15) is 19.5 Å². The predicted octanol–water partition coefficient (Wildman–Crippen LogP) is 8.36. The predicted molar refractivity (Wildman–Crippen MR) is 181 cm³/mol. The smallest absolute Gasteiger partial charge is 0.335 e. The highest BCUT2D eigenvalue weighted by Crippen LogP contribution is 2.35. The van der Waals surface area contributed by atoms with Gasteiger partial charge < -0.3 is 14.4 Å². The fraction of sp³-hybridized carbons (Fsp3) is 0.0789. The van der Waals surface area contributed by atoms with Gasteiger partial charge in [0.05, 0.1) is 17.0 Å². The maximum atomic E-state index is 13.5. The molecule has 7 nitrogen and oxygen atoms in total. The fourth-order valence-electron chi connectivity index (χ4n) is 5.62. The Balaban J connectivity index is 1.21. The normalized spacial score (nSPS) is 14.1. The molecule has 1 aliphatic heterocycles. The summed E-state index contributed by atoms with van der Waals surface area (Å²) in [7, 11) is 0. The lowest BCUT2D eigenvalue weighted by Crippen LogP contribution is -2.27. The number of rotatable bonds is 9. The zero-order valence-electron chi connectivity index (χ0n) is 24.6. The lowest BCUT2D eigenvalue weighted by Gasteiger charge is -2.13. The van der Waals surface area contributed by atoms with Crippen LogP contribution in [0.2, 0.25) is 0 Å². The number of hydrogen-bond donors (Lipinski definition) is 1. The highest BCUT2D eigenvalue weighted by atomic mass is 32.2. The van der Waals surface area contributed by atoms with Gasteiger partial charge in [0.15, 0.2) is 0 Å². The van der Waals surface area contributed by atoms with Crippen molar-refractivity contribution in [3.63, 3.8) is 0 Å². The summed E-state index contributed by atoms with van der Waals surface area (Å²) in [5, 5.41) is 12.1. The van der Waals surface area contributed by atoms with Crippen molar-refractivity contribution in [1.82, 2.24) is 9.47 Å². The van der Waals surface area contributed by atoms with Crippen LogP contribution in [0.5, 0.6) is 5.75 Å². The van der Waals surface area contributed by atoms with Crippen molar-refractivity contribution in [2.45, 2.75) is 19.7 Å². The van der Waals surface area contributed by atoms with Crippen molar-refractivity contribution in [1.29, 1.82) is 0 Å². The Labute approximate surface area is 269 Å². The van der Waals surface area contributed by atoms with Crippen LogP contribution in [0.15, 0.2) is 126 Å². The second-order valence-electron chi connectivity index (χ2n) is 11.1. The number of aromatic carboxylic acids is 1. The summed E-state index contributed by atoms with van der Waals surface area (Å²) < 4.78 is 8.26. The van der Waals surface area contributed by atoms with Crippen molar-refractivity contribution < 1.29 is 24.2 Å². The molecule has 5 aromatic carbocycles. The van der Waals surface area contributed by atoms with E-state index in [-0.39, 0.29) is 23.3 Å². The Morgan fingerprint density at radius 2 is 1.46 bits per heavy atom. The monoisotopic (exact) mass is 624 g/mol. The van der Waals surface area contributed by atoms with E-state index in [1.807, 2.05) is 66.7 Å². The number of carbonyl (C=O) groups excluding carboxylic acids is 2. The summed E-state index contributed by atoms with van der Waals surface area (Å²) in [6.07, 6.45) is 1.78. The minimum absolute atomic E-state index is 0.0596. The average molecular weight is 625 g/mol. The third kappa shape index (κ3) is 6.03. The number of aromatic nitrogens is 1.